The van der Waals surface area contributed by atoms with Crippen molar-refractivity contribution in [2.45, 2.75) is 59.5 Å². The molecule has 222 valence electrons. The van der Waals surface area contributed by atoms with Crippen LogP contribution < -0.4 is 20.2 Å². The van der Waals surface area contributed by atoms with E-state index >= 15 is 0 Å². The summed E-state index contributed by atoms with van der Waals surface area (Å²) < 4.78 is 16.7. The molecule has 0 radical (unpaired) electrons. The maximum absolute atomic E-state index is 13.1. The number of nitrogens with zero attached hydrogens (tertiary/aromatic N) is 1. The summed E-state index contributed by atoms with van der Waals surface area (Å²) in [5.41, 5.74) is 5.12. The molecule has 10 heteroatoms. The number of benzene rings is 2. The molecule has 2 atom stereocenters. The van der Waals surface area contributed by atoms with Crippen LogP contribution in [0.25, 0.3) is 0 Å². The van der Waals surface area contributed by atoms with Crippen LogP contribution >= 0.6 is 11.3 Å². The van der Waals surface area contributed by atoms with Crippen LogP contribution in [0.3, 0.4) is 0 Å². The van der Waals surface area contributed by atoms with E-state index in [1.807, 2.05) is 31.2 Å². The van der Waals surface area contributed by atoms with Crippen LogP contribution in [-0.2, 0) is 22.4 Å². The number of fused-ring (bicyclic) bond motifs is 1. The Morgan fingerprint density at radius 1 is 1.12 bits per heavy atom. The monoisotopic (exact) mass is 591 g/mol. The average Bonchev–Trinajstić information content (AvgIpc) is 3.33. The number of hydrogen-bond acceptors (Lipinski definition) is 8. The van der Waals surface area contributed by atoms with E-state index in [4.69, 9.17) is 14.2 Å². The zero-order chi connectivity index (χ0) is 30.1. The molecule has 2 amide bonds. The van der Waals surface area contributed by atoms with Crippen molar-refractivity contribution in [1.82, 2.24) is 5.43 Å². The molecule has 2 aromatic carbocycles. The van der Waals surface area contributed by atoms with Crippen molar-refractivity contribution >= 4 is 40.3 Å². The third-order valence-electron chi connectivity index (χ3n) is 6.74. The predicted octanol–water partition coefficient (Wildman–Crippen LogP) is 6.01. The van der Waals surface area contributed by atoms with E-state index in [0.29, 0.717) is 34.4 Å². The molecule has 0 saturated carbocycles. The maximum Gasteiger partial charge on any atom is 0.341 e. The Balaban J connectivity index is 1.34. The number of thiophene rings is 1. The Kier molecular flexibility index (Phi) is 10.7. The zero-order valence-electron chi connectivity index (χ0n) is 24.4. The van der Waals surface area contributed by atoms with Crippen LogP contribution in [0.2, 0.25) is 0 Å². The summed E-state index contributed by atoms with van der Waals surface area (Å²) in [5, 5.41) is 7.45. The quantitative estimate of drug-likeness (QED) is 0.151. The third-order valence-corrected chi connectivity index (χ3v) is 7.91. The van der Waals surface area contributed by atoms with Crippen molar-refractivity contribution in [3.05, 3.63) is 75.7 Å². The smallest absolute Gasteiger partial charge is 0.341 e. The Morgan fingerprint density at radius 2 is 1.90 bits per heavy atom. The van der Waals surface area contributed by atoms with Crippen LogP contribution in [0.4, 0.5) is 5.00 Å². The van der Waals surface area contributed by atoms with E-state index in [1.54, 1.807) is 38.1 Å². The van der Waals surface area contributed by atoms with Gasteiger partial charge in [0.05, 0.1) is 25.0 Å². The van der Waals surface area contributed by atoms with Crippen molar-refractivity contribution in [2.24, 2.45) is 11.0 Å². The average molecular weight is 592 g/mol. The first-order chi connectivity index (χ1) is 20.3. The van der Waals surface area contributed by atoms with Gasteiger partial charge in [-0.05, 0) is 93.0 Å². The number of ether oxygens (including phenoxy) is 3. The van der Waals surface area contributed by atoms with Gasteiger partial charge in [0, 0.05) is 10.4 Å². The molecule has 42 heavy (non-hydrogen) atoms. The highest BCUT2D eigenvalue weighted by molar-refractivity contribution is 7.17. The van der Waals surface area contributed by atoms with Crippen molar-refractivity contribution in [3.63, 3.8) is 0 Å². The summed E-state index contributed by atoms with van der Waals surface area (Å²) in [6.07, 6.45) is 4.29. The lowest BCUT2D eigenvalue weighted by Crippen LogP contribution is -2.33. The molecular formula is C32H37N3O6S. The second kappa shape index (κ2) is 14.6. The van der Waals surface area contributed by atoms with E-state index in [2.05, 4.69) is 22.8 Å². The Morgan fingerprint density at radius 3 is 2.64 bits per heavy atom. The molecule has 0 aliphatic heterocycles. The SMILES string of the molecule is CCCOc1cccc(/C=N\NC(=O)[C@H](C)Oc2ccc(C(=O)Nc3sc4c(c3C(=O)OCC)CC[C@@H](C)C4)cc2)c1. The topological polar surface area (TPSA) is 115 Å². The molecule has 4 rings (SSSR count). The lowest BCUT2D eigenvalue weighted by atomic mass is 9.88. The molecule has 9 nitrogen and oxygen atoms in total. The molecule has 1 aliphatic carbocycles. The van der Waals surface area contributed by atoms with Gasteiger partial charge < -0.3 is 19.5 Å². The highest BCUT2D eigenvalue weighted by Crippen LogP contribution is 2.40. The zero-order valence-corrected chi connectivity index (χ0v) is 25.2. The Bertz CT molecular complexity index is 1430. The number of hydrazone groups is 1. The summed E-state index contributed by atoms with van der Waals surface area (Å²) >= 11 is 1.45. The summed E-state index contributed by atoms with van der Waals surface area (Å²) in [6, 6.07) is 13.9. The van der Waals surface area contributed by atoms with Crippen molar-refractivity contribution in [1.29, 1.82) is 0 Å². The van der Waals surface area contributed by atoms with Crippen LogP contribution in [0, 0.1) is 5.92 Å². The Hall–Kier alpha value is -4.18. The van der Waals surface area contributed by atoms with E-state index in [-0.39, 0.29) is 12.5 Å². The summed E-state index contributed by atoms with van der Waals surface area (Å²) in [5.74, 6) is 0.518. The minimum atomic E-state index is -0.826. The van der Waals surface area contributed by atoms with Crippen LogP contribution in [-0.4, -0.2) is 43.3 Å². The number of anilines is 1. The first kappa shape index (κ1) is 30.8. The minimum absolute atomic E-state index is 0.264. The van der Waals surface area contributed by atoms with Gasteiger partial charge in [-0.15, -0.1) is 11.3 Å². The number of carbonyl (C=O) groups excluding carboxylic acids is 3. The highest BCUT2D eigenvalue weighted by atomic mass is 32.1. The van der Waals surface area contributed by atoms with Crippen LogP contribution in [0.5, 0.6) is 11.5 Å². The van der Waals surface area contributed by atoms with Gasteiger partial charge in [-0.25, -0.2) is 10.2 Å². The molecular weight excluding hydrogens is 554 g/mol. The summed E-state index contributed by atoms with van der Waals surface area (Å²) in [4.78, 5) is 39.5. The molecule has 2 N–H and O–H groups in total. The fourth-order valence-corrected chi connectivity index (χ4v) is 5.94. The van der Waals surface area contributed by atoms with E-state index < -0.39 is 18.0 Å². The molecule has 0 spiro atoms. The summed E-state index contributed by atoms with van der Waals surface area (Å²) in [7, 11) is 0. The van der Waals surface area contributed by atoms with Gasteiger partial charge in [0.2, 0.25) is 0 Å². The lowest BCUT2D eigenvalue weighted by molar-refractivity contribution is -0.127. The van der Waals surface area contributed by atoms with E-state index in [0.717, 1.165) is 47.4 Å². The van der Waals surface area contributed by atoms with Crippen molar-refractivity contribution < 1.29 is 28.6 Å². The van der Waals surface area contributed by atoms with Gasteiger partial charge in [-0.3, -0.25) is 9.59 Å². The highest BCUT2D eigenvalue weighted by Gasteiger charge is 2.29. The number of esters is 1. The predicted molar refractivity (Wildman–Crippen MR) is 164 cm³/mol. The van der Waals surface area contributed by atoms with Gasteiger partial charge >= 0.3 is 5.97 Å². The van der Waals surface area contributed by atoms with Crippen molar-refractivity contribution in [3.8, 4) is 11.5 Å². The van der Waals surface area contributed by atoms with E-state index in [1.165, 1.54) is 17.6 Å². The first-order valence-electron chi connectivity index (χ1n) is 14.2. The second-order valence-corrected chi connectivity index (χ2v) is 11.3. The first-order valence-corrected chi connectivity index (χ1v) is 15.1. The maximum atomic E-state index is 13.1. The molecule has 0 fully saturated rings. The molecule has 0 unspecified atom stereocenters. The fourth-order valence-electron chi connectivity index (χ4n) is 4.54. The molecule has 1 heterocycles. The number of nitrogens with one attached hydrogen (secondary N) is 2. The molecule has 0 saturated heterocycles. The normalized spacial score (nSPS) is 15.0. The molecule has 1 aliphatic rings. The van der Waals surface area contributed by atoms with Crippen LogP contribution in [0.1, 0.15) is 77.3 Å². The number of hydrogen-bond donors (Lipinski definition) is 2. The van der Waals surface area contributed by atoms with Crippen LogP contribution in [0.15, 0.2) is 53.6 Å². The van der Waals surface area contributed by atoms with Gasteiger partial charge in [-0.1, -0.05) is 26.0 Å². The van der Waals surface area contributed by atoms with Gasteiger partial charge in [-0.2, -0.15) is 5.10 Å². The number of rotatable bonds is 12. The number of carbonyl (C=O) groups is 3. The lowest BCUT2D eigenvalue weighted by Gasteiger charge is -2.18. The van der Waals surface area contributed by atoms with Gasteiger partial charge in [0.15, 0.2) is 6.10 Å². The van der Waals surface area contributed by atoms with E-state index in [9.17, 15) is 14.4 Å². The molecule has 3 aromatic rings. The molecule has 0 bridgehead atoms. The molecule has 1 aromatic heterocycles. The summed E-state index contributed by atoms with van der Waals surface area (Å²) in [6.45, 7) is 8.50. The number of amides is 2. The van der Waals surface area contributed by atoms with Gasteiger partial charge in [0.1, 0.15) is 16.5 Å². The van der Waals surface area contributed by atoms with Gasteiger partial charge in [0.25, 0.3) is 11.8 Å². The minimum Gasteiger partial charge on any atom is -0.494 e. The Labute approximate surface area is 250 Å². The standard InChI is InChI=1S/C32H37N3O6S/c1-5-16-40-25-9-7-8-22(18-25)19-33-35-29(36)21(4)41-24-13-11-23(12-14-24)30(37)34-31-28(32(38)39-6-2)26-15-10-20(3)17-27(26)42-31/h7-9,11-14,18-21H,5-6,10,15-17H2,1-4H3,(H,34,37)(H,35,36)/b33-19-/t20-,21+/m1/s1. The largest absolute Gasteiger partial charge is 0.494 e. The fraction of sp³-hybridized carbons (Fsp3) is 0.375. The second-order valence-electron chi connectivity index (χ2n) is 10.2. The third kappa shape index (κ3) is 7.97. The van der Waals surface area contributed by atoms with Crippen molar-refractivity contribution in [2.75, 3.05) is 18.5 Å².